The number of carbonyl (C=O) groups excluding carboxylic acids is 1. The Morgan fingerprint density at radius 2 is 1.84 bits per heavy atom. The lowest BCUT2D eigenvalue weighted by atomic mass is 10.0. The van der Waals surface area contributed by atoms with E-state index in [0.717, 1.165) is 17.5 Å². The highest BCUT2D eigenvalue weighted by atomic mass is 35.5. The minimum Gasteiger partial charge on any atom is -0.481 e. The molecule has 9 heteroatoms. The molecule has 4 rings (SSSR count). The number of carbonyl (C=O) groups is 1. The Morgan fingerprint density at radius 1 is 1.16 bits per heavy atom. The van der Waals surface area contributed by atoms with E-state index >= 15 is 0 Å². The Bertz CT molecular complexity index is 1240. The highest BCUT2D eigenvalue weighted by Crippen LogP contribution is 2.34. The molecule has 32 heavy (non-hydrogen) atoms. The number of amides is 1. The number of ether oxygens (including phenoxy) is 1. The predicted octanol–water partition coefficient (Wildman–Crippen LogP) is 4.48. The lowest BCUT2D eigenvalue weighted by Crippen LogP contribution is -2.37. The molecule has 0 aliphatic carbocycles. The summed E-state index contributed by atoms with van der Waals surface area (Å²) in [5, 5.41) is 6.58. The molecule has 1 aliphatic rings. The molecule has 0 N–H and O–H groups in total. The third kappa shape index (κ3) is 4.71. The molecule has 3 aromatic rings. The molecule has 1 amide bonds. The summed E-state index contributed by atoms with van der Waals surface area (Å²) < 4.78 is 34.6. The van der Waals surface area contributed by atoms with Crippen LogP contribution in [0.4, 0.5) is 0 Å². The molecule has 0 saturated heterocycles. The monoisotopic (exact) mass is 472 g/mol. The molecule has 166 valence electrons. The van der Waals surface area contributed by atoms with E-state index in [9.17, 15) is 13.2 Å². The number of hydrogen-bond acceptors (Lipinski definition) is 6. The maximum absolute atomic E-state index is 13.2. The number of hydrazone groups is 1. The van der Waals surface area contributed by atoms with Gasteiger partial charge in [0.05, 0.1) is 16.9 Å². The first-order chi connectivity index (χ1) is 15.2. The summed E-state index contributed by atoms with van der Waals surface area (Å²) in [4.78, 5) is 13.4. The van der Waals surface area contributed by atoms with Gasteiger partial charge < -0.3 is 9.15 Å². The van der Waals surface area contributed by atoms with Gasteiger partial charge in [-0.3, -0.25) is 4.79 Å². The summed E-state index contributed by atoms with van der Waals surface area (Å²) in [5.74, 6) is 0.659. The highest BCUT2D eigenvalue weighted by molar-refractivity contribution is 7.90. The minimum atomic E-state index is -3.31. The van der Waals surface area contributed by atoms with Crippen molar-refractivity contribution in [2.45, 2.75) is 30.4 Å². The molecule has 0 bridgehead atoms. The molecule has 0 spiro atoms. The van der Waals surface area contributed by atoms with Crippen LogP contribution in [-0.2, 0) is 14.6 Å². The SMILES string of the molecule is CC(Oc1ccc(S(C)(=O)=O)cc1)C(=O)N1N=C(c2ccc(Cl)cc2)CC1c1ccco1. The molecule has 1 aliphatic heterocycles. The quantitative estimate of drug-likeness (QED) is 0.527. The normalized spacial score (nSPS) is 17.2. The second kappa shape index (κ2) is 8.80. The second-order valence-electron chi connectivity index (χ2n) is 7.48. The van der Waals surface area contributed by atoms with Gasteiger partial charge in [0, 0.05) is 17.7 Å². The lowest BCUT2D eigenvalue weighted by Gasteiger charge is -2.23. The fourth-order valence-corrected chi connectivity index (χ4v) is 4.20. The summed E-state index contributed by atoms with van der Waals surface area (Å²) >= 11 is 5.99. The topological polar surface area (TPSA) is 89.2 Å². The minimum absolute atomic E-state index is 0.179. The van der Waals surface area contributed by atoms with Gasteiger partial charge in [-0.15, -0.1) is 0 Å². The second-order valence-corrected chi connectivity index (χ2v) is 9.93. The number of hydrogen-bond donors (Lipinski definition) is 0. The van der Waals surface area contributed by atoms with Crippen molar-refractivity contribution in [2.24, 2.45) is 5.10 Å². The number of nitrogens with zero attached hydrogens (tertiary/aromatic N) is 2. The molecule has 2 atom stereocenters. The summed E-state index contributed by atoms with van der Waals surface area (Å²) in [6.07, 6.45) is 2.32. The Hall–Kier alpha value is -3.10. The van der Waals surface area contributed by atoms with Gasteiger partial charge in [0.25, 0.3) is 5.91 Å². The summed E-state index contributed by atoms with van der Waals surface area (Å²) in [6, 6.07) is 16.4. The van der Waals surface area contributed by atoms with Crippen LogP contribution in [-0.4, -0.2) is 37.4 Å². The Morgan fingerprint density at radius 3 is 2.44 bits per heavy atom. The molecule has 0 saturated carbocycles. The molecular weight excluding hydrogens is 452 g/mol. The Balaban J connectivity index is 1.56. The number of sulfone groups is 1. The van der Waals surface area contributed by atoms with E-state index in [0.29, 0.717) is 23.0 Å². The predicted molar refractivity (Wildman–Crippen MR) is 121 cm³/mol. The highest BCUT2D eigenvalue weighted by Gasteiger charge is 2.37. The van der Waals surface area contributed by atoms with Crippen LogP contribution in [0.25, 0.3) is 0 Å². The molecule has 2 unspecified atom stereocenters. The zero-order valence-electron chi connectivity index (χ0n) is 17.4. The van der Waals surface area contributed by atoms with E-state index in [-0.39, 0.29) is 10.8 Å². The maximum atomic E-state index is 13.2. The van der Waals surface area contributed by atoms with Gasteiger partial charge in [-0.1, -0.05) is 23.7 Å². The summed E-state index contributed by atoms with van der Waals surface area (Å²) in [6.45, 7) is 1.63. The van der Waals surface area contributed by atoms with Gasteiger partial charge in [-0.25, -0.2) is 13.4 Å². The van der Waals surface area contributed by atoms with Crippen molar-refractivity contribution in [2.75, 3.05) is 6.26 Å². The largest absolute Gasteiger partial charge is 0.481 e. The fraction of sp³-hybridized carbons (Fsp3) is 0.217. The van der Waals surface area contributed by atoms with Crippen LogP contribution < -0.4 is 4.74 Å². The molecule has 2 aromatic carbocycles. The van der Waals surface area contributed by atoms with Crippen LogP contribution in [0.1, 0.15) is 30.7 Å². The zero-order chi connectivity index (χ0) is 22.9. The van der Waals surface area contributed by atoms with Crippen molar-refractivity contribution in [1.82, 2.24) is 5.01 Å². The molecular formula is C23H21ClN2O5S. The Labute approximate surface area is 191 Å². The van der Waals surface area contributed by atoms with Gasteiger partial charge in [-0.05, 0) is 61.0 Å². The summed E-state index contributed by atoms with van der Waals surface area (Å²) in [7, 11) is -3.31. The third-order valence-electron chi connectivity index (χ3n) is 5.10. The van der Waals surface area contributed by atoms with Crippen molar-refractivity contribution < 1.29 is 22.4 Å². The number of benzene rings is 2. The van der Waals surface area contributed by atoms with Crippen LogP contribution in [0.5, 0.6) is 5.75 Å². The number of rotatable bonds is 6. The van der Waals surface area contributed by atoms with Crippen molar-refractivity contribution >= 4 is 33.1 Å². The standard InChI is InChI=1S/C23H21ClN2O5S/c1-15(31-18-9-11-19(12-10-18)32(2,28)29)23(27)26-21(22-4-3-13-30-22)14-20(25-26)16-5-7-17(24)8-6-16/h3-13,15,21H,14H2,1-2H3. The maximum Gasteiger partial charge on any atom is 0.284 e. The van der Waals surface area contributed by atoms with Gasteiger partial charge in [-0.2, -0.15) is 5.10 Å². The first-order valence-electron chi connectivity index (χ1n) is 9.89. The van der Waals surface area contributed by atoms with Crippen LogP contribution in [0.15, 0.2) is 81.3 Å². The first kappa shape index (κ1) is 22.1. The van der Waals surface area contributed by atoms with E-state index in [1.54, 1.807) is 37.5 Å². The molecule has 0 fully saturated rings. The number of furan rings is 1. The van der Waals surface area contributed by atoms with Crippen molar-refractivity contribution in [3.63, 3.8) is 0 Å². The van der Waals surface area contributed by atoms with Crippen LogP contribution in [0.2, 0.25) is 5.02 Å². The van der Waals surface area contributed by atoms with E-state index < -0.39 is 22.0 Å². The summed E-state index contributed by atoms with van der Waals surface area (Å²) in [5.41, 5.74) is 1.60. The van der Waals surface area contributed by atoms with Crippen molar-refractivity contribution in [3.05, 3.63) is 83.3 Å². The van der Waals surface area contributed by atoms with Gasteiger partial charge in [0.15, 0.2) is 15.9 Å². The van der Waals surface area contributed by atoms with Crippen LogP contribution >= 0.6 is 11.6 Å². The van der Waals surface area contributed by atoms with Crippen LogP contribution in [0, 0.1) is 0 Å². The van der Waals surface area contributed by atoms with Gasteiger partial charge >= 0.3 is 0 Å². The molecule has 0 radical (unpaired) electrons. The van der Waals surface area contributed by atoms with Gasteiger partial charge in [0.2, 0.25) is 0 Å². The van der Waals surface area contributed by atoms with E-state index in [1.807, 2.05) is 12.1 Å². The smallest absolute Gasteiger partial charge is 0.284 e. The zero-order valence-corrected chi connectivity index (χ0v) is 19.0. The molecule has 2 heterocycles. The molecule has 7 nitrogen and oxygen atoms in total. The average molecular weight is 473 g/mol. The van der Waals surface area contributed by atoms with E-state index in [1.165, 1.54) is 29.3 Å². The van der Waals surface area contributed by atoms with E-state index in [2.05, 4.69) is 5.10 Å². The van der Waals surface area contributed by atoms with Gasteiger partial charge in [0.1, 0.15) is 17.6 Å². The first-order valence-corrected chi connectivity index (χ1v) is 12.2. The van der Waals surface area contributed by atoms with E-state index in [4.69, 9.17) is 20.8 Å². The van der Waals surface area contributed by atoms with Crippen molar-refractivity contribution in [1.29, 1.82) is 0 Å². The number of halogens is 1. The fourth-order valence-electron chi connectivity index (χ4n) is 3.44. The Kier molecular flexibility index (Phi) is 6.08. The lowest BCUT2D eigenvalue weighted by molar-refractivity contribution is -0.140. The van der Waals surface area contributed by atoms with Crippen molar-refractivity contribution in [3.8, 4) is 5.75 Å². The average Bonchev–Trinajstić information content (AvgIpc) is 3.43. The van der Waals surface area contributed by atoms with Crippen LogP contribution in [0.3, 0.4) is 0 Å². The third-order valence-corrected chi connectivity index (χ3v) is 6.48. The molecule has 1 aromatic heterocycles.